The zero-order valence-corrected chi connectivity index (χ0v) is 12.0. The number of thiazole rings is 1. The Morgan fingerprint density at radius 2 is 2.22 bits per heavy atom. The second-order valence-electron chi connectivity index (χ2n) is 5.21. The summed E-state index contributed by atoms with van der Waals surface area (Å²) in [6, 6.07) is 0.574. The number of aromatic nitrogens is 1. The second-order valence-corrected chi connectivity index (χ2v) is 6.19. The van der Waals surface area contributed by atoms with Gasteiger partial charge in [-0.1, -0.05) is 32.1 Å². The summed E-state index contributed by atoms with van der Waals surface area (Å²) in [5, 5.41) is 10.1. The highest BCUT2D eigenvalue weighted by Gasteiger charge is 2.32. The van der Waals surface area contributed by atoms with Crippen LogP contribution in [0.1, 0.15) is 49.0 Å². The highest BCUT2D eigenvalue weighted by molar-refractivity contribution is 7.17. The number of carbonyl (C=O) groups is 1. The second kappa shape index (κ2) is 5.26. The maximum atomic E-state index is 11.2. The molecule has 0 atom stereocenters. The molecule has 1 aliphatic carbocycles. The number of aromatic carboxylic acids is 1. The van der Waals surface area contributed by atoms with Crippen LogP contribution in [0.15, 0.2) is 0 Å². The minimum Gasteiger partial charge on any atom is -0.477 e. The summed E-state index contributed by atoms with van der Waals surface area (Å²) in [6.45, 7) is 7.28. The predicted molar refractivity (Wildman–Crippen MR) is 73.7 cm³/mol. The van der Waals surface area contributed by atoms with E-state index in [1.165, 1.54) is 24.2 Å². The van der Waals surface area contributed by atoms with E-state index in [1.807, 2.05) is 6.92 Å². The first-order chi connectivity index (χ1) is 8.52. The quantitative estimate of drug-likeness (QED) is 0.861. The van der Waals surface area contributed by atoms with Gasteiger partial charge in [-0.2, -0.15) is 0 Å². The van der Waals surface area contributed by atoms with Crippen LogP contribution in [0.4, 0.5) is 5.13 Å². The number of rotatable bonds is 6. The van der Waals surface area contributed by atoms with Gasteiger partial charge in [0.2, 0.25) is 0 Å². The molecule has 0 aromatic carbocycles. The third-order valence-corrected chi connectivity index (χ3v) is 4.13. The van der Waals surface area contributed by atoms with Crippen molar-refractivity contribution in [3.05, 3.63) is 10.6 Å². The molecule has 0 amide bonds. The Bertz CT molecular complexity index is 438. The monoisotopic (exact) mass is 268 g/mol. The van der Waals surface area contributed by atoms with E-state index in [4.69, 9.17) is 0 Å². The molecule has 1 saturated carbocycles. The van der Waals surface area contributed by atoms with E-state index < -0.39 is 5.97 Å². The molecule has 1 fully saturated rings. The molecule has 0 unspecified atom stereocenters. The molecule has 1 aliphatic rings. The topological polar surface area (TPSA) is 53.4 Å². The highest BCUT2D eigenvalue weighted by Crippen LogP contribution is 2.36. The molecular formula is C13H20N2O2S. The standard InChI is InChI=1S/C13H20N2O2S/c1-4-10-11(12(16)17)18-13(14-10)15(7-8(2)3)9-5-6-9/h8-9H,4-7H2,1-3H3,(H,16,17). The molecule has 1 N–H and O–H groups in total. The van der Waals surface area contributed by atoms with Crippen LogP contribution < -0.4 is 4.90 Å². The third kappa shape index (κ3) is 2.83. The first-order valence-corrected chi connectivity index (χ1v) is 7.34. The zero-order chi connectivity index (χ0) is 13.3. The van der Waals surface area contributed by atoms with Gasteiger partial charge in [-0.25, -0.2) is 9.78 Å². The average Bonchev–Trinajstić information content (AvgIpc) is 3.04. The first-order valence-electron chi connectivity index (χ1n) is 6.52. The molecule has 1 aromatic heterocycles. The van der Waals surface area contributed by atoms with Crippen molar-refractivity contribution >= 4 is 22.4 Å². The minimum absolute atomic E-state index is 0.405. The van der Waals surface area contributed by atoms with Crippen LogP contribution >= 0.6 is 11.3 Å². The summed E-state index contributed by atoms with van der Waals surface area (Å²) < 4.78 is 0. The van der Waals surface area contributed by atoms with E-state index in [-0.39, 0.29) is 0 Å². The van der Waals surface area contributed by atoms with Crippen LogP contribution in [0.2, 0.25) is 0 Å². The highest BCUT2D eigenvalue weighted by atomic mass is 32.1. The van der Waals surface area contributed by atoms with Crippen molar-refractivity contribution in [1.29, 1.82) is 0 Å². The van der Waals surface area contributed by atoms with Gasteiger partial charge >= 0.3 is 5.97 Å². The normalized spacial score (nSPS) is 15.1. The largest absolute Gasteiger partial charge is 0.477 e. The van der Waals surface area contributed by atoms with Crippen molar-refractivity contribution in [3.8, 4) is 0 Å². The molecule has 18 heavy (non-hydrogen) atoms. The van der Waals surface area contributed by atoms with E-state index in [9.17, 15) is 9.90 Å². The van der Waals surface area contributed by atoms with Gasteiger partial charge in [0.25, 0.3) is 0 Å². The Labute approximate surface area is 112 Å². The lowest BCUT2D eigenvalue weighted by Gasteiger charge is -2.23. The molecule has 4 nitrogen and oxygen atoms in total. The van der Waals surface area contributed by atoms with Crippen molar-refractivity contribution in [2.75, 3.05) is 11.4 Å². The number of carboxylic acid groups (broad SMARTS) is 1. The van der Waals surface area contributed by atoms with E-state index in [0.717, 1.165) is 17.4 Å². The zero-order valence-electron chi connectivity index (χ0n) is 11.1. The molecule has 1 heterocycles. The Morgan fingerprint density at radius 1 is 1.56 bits per heavy atom. The molecule has 2 rings (SSSR count). The third-order valence-electron chi connectivity index (χ3n) is 3.01. The number of anilines is 1. The number of nitrogens with zero attached hydrogens (tertiary/aromatic N) is 2. The molecule has 0 saturated heterocycles. The summed E-state index contributed by atoms with van der Waals surface area (Å²) in [5.74, 6) is -0.288. The molecule has 0 spiro atoms. The van der Waals surface area contributed by atoms with Gasteiger partial charge in [0.15, 0.2) is 5.13 Å². The maximum Gasteiger partial charge on any atom is 0.347 e. The average molecular weight is 268 g/mol. The fourth-order valence-corrected chi connectivity index (χ4v) is 3.11. The Kier molecular flexibility index (Phi) is 3.90. The summed E-state index contributed by atoms with van der Waals surface area (Å²) >= 11 is 1.33. The maximum absolute atomic E-state index is 11.2. The van der Waals surface area contributed by atoms with E-state index in [1.54, 1.807) is 0 Å². The molecule has 1 aromatic rings. The van der Waals surface area contributed by atoms with Crippen molar-refractivity contribution in [2.24, 2.45) is 5.92 Å². The van der Waals surface area contributed by atoms with E-state index >= 15 is 0 Å². The van der Waals surface area contributed by atoms with Gasteiger partial charge in [0.05, 0.1) is 5.69 Å². The lowest BCUT2D eigenvalue weighted by Crippen LogP contribution is -2.29. The Hall–Kier alpha value is -1.10. The van der Waals surface area contributed by atoms with Gasteiger partial charge < -0.3 is 10.0 Å². The smallest absolute Gasteiger partial charge is 0.347 e. The molecule has 100 valence electrons. The fraction of sp³-hybridized carbons (Fsp3) is 0.692. The lowest BCUT2D eigenvalue weighted by atomic mass is 10.2. The van der Waals surface area contributed by atoms with Crippen LogP contribution in [0.5, 0.6) is 0 Å². The molecule has 0 radical (unpaired) electrons. The number of carboxylic acids is 1. The van der Waals surface area contributed by atoms with Gasteiger partial charge in [-0.3, -0.25) is 0 Å². The van der Waals surface area contributed by atoms with Gasteiger partial charge in [0.1, 0.15) is 4.88 Å². The Balaban J connectivity index is 2.27. The summed E-state index contributed by atoms with van der Waals surface area (Å²) in [4.78, 5) is 18.4. The summed E-state index contributed by atoms with van der Waals surface area (Å²) in [6.07, 6.45) is 3.09. The van der Waals surface area contributed by atoms with E-state index in [0.29, 0.717) is 23.3 Å². The molecule has 5 heteroatoms. The van der Waals surface area contributed by atoms with Crippen LogP contribution in [0, 0.1) is 5.92 Å². The van der Waals surface area contributed by atoms with Crippen molar-refractivity contribution in [1.82, 2.24) is 4.98 Å². The molecule has 0 aliphatic heterocycles. The van der Waals surface area contributed by atoms with Crippen LogP contribution in [-0.4, -0.2) is 28.6 Å². The lowest BCUT2D eigenvalue weighted by molar-refractivity contribution is 0.0701. The summed E-state index contributed by atoms with van der Waals surface area (Å²) in [7, 11) is 0. The van der Waals surface area contributed by atoms with Crippen molar-refractivity contribution in [2.45, 2.75) is 46.1 Å². The molecular weight excluding hydrogens is 248 g/mol. The number of aryl methyl sites for hydroxylation is 1. The predicted octanol–water partition coefficient (Wildman–Crippen LogP) is 3.03. The summed E-state index contributed by atoms with van der Waals surface area (Å²) in [5.41, 5.74) is 0.719. The van der Waals surface area contributed by atoms with Crippen LogP contribution in [0.3, 0.4) is 0 Å². The Morgan fingerprint density at radius 3 is 2.61 bits per heavy atom. The SMILES string of the molecule is CCc1nc(N(CC(C)C)C2CC2)sc1C(=O)O. The number of hydrogen-bond donors (Lipinski definition) is 1. The van der Waals surface area contributed by atoms with E-state index in [2.05, 4.69) is 23.7 Å². The minimum atomic E-state index is -0.851. The van der Waals surface area contributed by atoms with Crippen LogP contribution in [-0.2, 0) is 6.42 Å². The van der Waals surface area contributed by atoms with Gasteiger partial charge in [-0.05, 0) is 25.2 Å². The molecule has 0 bridgehead atoms. The fourth-order valence-electron chi connectivity index (χ4n) is 2.03. The number of hydrogen-bond acceptors (Lipinski definition) is 4. The van der Waals surface area contributed by atoms with Gasteiger partial charge in [-0.15, -0.1) is 0 Å². The van der Waals surface area contributed by atoms with Gasteiger partial charge in [0, 0.05) is 12.6 Å². The van der Waals surface area contributed by atoms with Crippen molar-refractivity contribution < 1.29 is 9.90 Å². The van der Waals surface area contributed by atoms with Crippen LogP contribution in [0.25, 0.3) is 0 Å². The van der Waals surface area contributed by atoms with Crippen molar-refractivity contribution in [3.63, 3.8) is 0 Å². The first kappa shape index (κ1) is 13.3.